The number of amides is 3. The van der Waals surface area contributed by atoms with Crippen LogP contribution in [-0.4, -0.2) is 43.0 Å². The van der Waals surface area contributed by atoms with Crippen molar-refractivity contribution in [1.29, 1.82) is 0 Å². The molecule has 0 aliphatic carbocycles. The maximum atomic E-state index is 13.8. The summed E-state index contributed by atoms with van der Waals surface area (Å²) in [6.07, 6.45) is 2.17. The molecule has 1 saturated heterocycles. The van der Waals surface area contributed by atoms with E-state index in [2.05, 4.69) is 27.7 Å². The molecule has 34 heavy (non-hydrogen) atoms. The molecule has 0 unspecified atom stereocenters. The summed E-state index contributed by atoms with van der Waals surface area (Å²) in [5.74, 6) is -0.434. The topological polar surface area (TPSA) is 64.7 Å². The Kier molecular flexibility index (Phi) is 7.75. The highest BCUT2D eigenvalue weighted by atomic mass is 19.1. The van der Waals surface area contributed by atoms with Crippen molar-refractivity contribution in [3.63, 3.8) is 0 Å². The maximum absolute atomic E-state index is 13.8. The molecule has 0 spiro atoms. The fourth-order valence-electron chi connectivity index (χ4n) is 4.00. The van der Waals surface area contributed by atoms with E-state index in [1.54, 1.807) is 23.1 Å². The molecule has 176 valence electrons. The number of rotatable bonds is 7. The van der Waals surface area contributed by atoms with Gasteiger partial charge in [0.25, 0.3) is 0 Å². The second-order valence-electron chi connectivity index (χ2n) is 8.32. The molecule has 1 aliphatic rings. The largest absolute Gasteiger partial charge is 0.368 e. The van der Waals surface area contributed by atoms with E-state index in [1.807, 2.05) is 42.5 Å². The molecule has 6 nitrogen and oxygen atoms in total. The summed E-state index contributed by atoms with van der Waals surface area (Å²) in [6, 6.07) is 23.8. The number of aryl methyl sites for hydroxylation is 1. The molecule has 0 bridgehead atoms. The van der Waals surface area contributed by atoms with E-state index in [4.69, 9.17) is 0 Å². The predicted octanol–water partition coefficient (Wildman–Crippen LogP) is 5.14. The number of carbonyl (C=O) groups is 2. The van der Waals surface area contributed by atoms with Gasteiger partial charge in [-0.15, -0.1) is 0 Å². The average molecular weight is 461 g/mol. The first-order chi connectivity index (χ1) is 16.6. The quantitative estimate of drug-likeness (QED) is 0.513. The third-order valence-electron chi connectivity index (χ3n) is 5.91. The van der Waals surface area contributed by atoms with E-state index in [0.717, 1.165) is 24.2 Å². The van der Waals surface area contributed by atoms with Crippen LogP contribution in [-0.2, 0) is 11.2 Å². The second-order valence-corrected chi connectivity index (χ2v) is 8.32. The lowest BCUT2D eigenvalue weighted by Crippen LogP contribution is -2.50. The lowest BCUT2D eigenvalue weighted by atomic mass is 10.1. The molecular weight excluding hydrogens is 431 g/mol. The number of halogens is 1. The van der Waals surface area contributed by atoms with Crippen LogP contribution < -0.4 is 15.5 Å². The molecule has 3 aromatic rings. The van der Waals surface area contributed by atoms with Crippen molar-refractivity contribution in [2.24, 2.45) is 0 Å². The van der Waals surface area contributed by atoms with Crippen molar-refractivity contribution < 1.29 is 14.0 Å². The molecule has 7 heteroatoms. The zero-order valence-corrected chi connectivity index (χ0v) is 19.0. The second kappa shape index (κ2) is 11.3. The van der Waals surface area contributed by atoms with Gasteiger partial charge < -0.3 is 20.4 Å². The number of hydrogen-bond acceptors (Lipinski definition) is 3. The Morgan fingerprint density at radius 3 is 2.18 bits per heavy atom. The lowest BCUT2D eigenvalue weighted by Gasteiger charge is -2.36. The number of carbonyl (C=O) groups excluding carboxylic acids is 2. The van der Waals surface area contributed by atoms with Crippen LogP contribution in [0.25, 0.3) is 0 Å². The third-order valence-corrected chi connectivity index (χ3v) is 5.91. The van der Waals surface area contributed by atoms with Crippen molar-refractivity contribution in [3.8, 4) is 0 Å². The molecular formula is C27H29FN4O2. The third kappa shape index (κ3) is 6.34. The average Bonchev–Trinajstić information content (AvgIpc) is 2.87. The van der Waals surface area contributed by atoms with Gasteiger partial charge >= 0.3 is 6.03 Å². The van der Waals surface area contributed by atoms with Crippen LogP contribution >= 0.6 is 0 Å². The summed E-state index contributed by atoms with van der Waals surface area (Å²) < 4.78 is 13.8. The Bertz CT molecular complexity index is 1100. The predicted molar refractivity (Wildman–Crippen MR) is 134 cm³/mol. The smallest absolute Gasteiger partial charge is 0.322 e. The van der Waals surface area contributed by atoms with Gasteiger partial charge in [0.15, 0.2) is 0 Å². The number of anilines is 3. The number of para-hydroxylation sites is 1. The van der Waals surface area contributed by atoms with Crippen LogP contribution in [0.4, 0.5) is 26.2 Å². The van der Waals surface area contributed by atoms with Crippen LogP contribution in [0.1, 0.15) is 18.4 Å². The highest BCUT2D eigenvalue weighted by Crippen LogP contribution is 2.21. The monoisotopic (exact) mass is 460 g/mol. The summed E-state index contributed by atoms with van der Waals surface area (Å²) in [6.45, 7) is 2.44. The number of piperazine rings is 1. The summed E-state index contributed by atoms with van der Waals surface area (Å²) in [7, 11) is 0. The van der Waals surface area contributed by atoms with E-state index in [1.165, 1.54) is 11.6 Å². The number of benzene rings is 3. The molecule has 0 radical (unpaired) electrons. The van der Waals surface area contributed by atoms with Gasteiger partial charge in [-0.1, -0.05) is 42.5 Å². The van der Waals surface area contributed by atoms with Crippen LogP contribution in [0.2, 0.25) is 0 Å². The van der Waals surface area contributed by atoms with Gasteiger partial charge in [0.2, 0.25) is 5.91 Å². The molecule has 0 aromatic heterocycles. The number of nitrogens with zero attached hydrogens (tertiary/aromatic N) is 2. The van der Waals surface area contributed by atoms with Crippen molar-refractivity contribution in [3.05, 3.63) is 90.2 Å². The van der Waals surface area contributed by atoms with Crippen molar-refractivity contribution in [1.82, 2.24) is 4.90 Å². The molecule has 0 saturated carbocycles. The van der Waals surface area contributed by atoms with Crippen molar-refractivity contribution in [2.45, 2.75) is 19.3 Å². The molecule has 1 heterocycles. The fraction of sp³-hybridized carbons (Fsp3) is 0.259. The summed E-state index contributed by atoms with van der Waals surface area (Å²) in [5.41, 5.74) is 3.24. The lowest BCUT2D eigenvalue weighted by molar-refractivity contribution is -0.116. The van der Waals surface area contributed by atoms with Gasteiger partial charge in [-0.05, 0) is 54.8 Å². The van der Waals surface area contributed by atoms with E-state index in [0.29, 0.717) is 32.6 Å². The summed E-state index contributed by atoms with van der Waals surface area (Å²) >= 11 is 0. The number of hydrogen-bond donors (Lipinski definition) is 2. The molecule has 2 N–H and O–H groups in total. The van der Waals surface area contributed by atoms with Crippen LogP contribution in [0.5, 0.6) is 0 Å². The van der Waals surface area contributed by atoms with Crippen molar-refractivity contribution in [2.75, 3.05) is 41.7 Å². The maximum Gasteiger partial charge on any atom is 0.322 e. The van der Waals surface area contributed by atoms with Crippen molar-refractivity contribution >= 4 is 29.0 Å². The molecule has 1 fully saturated rings. The van der Waals surface area contributed by atoms with Gasteiger partial charge in [-0.25, -0.2) is 9.18 Å². The Balaban J connectivity index is 1.21. The Morgan fingerprint density at radius 2 is 1.47 bits per heavy atom. The van der Waals surface area contributed by atoms with Gasteiger partial charge in [-0.3, -0.25) is 4.79 Å². The first kappa shape index (κ1) is 23.3. The minimum Gasteiger partial charge on any atom is -0.368 e. The molecule has 0 atom stereocenters. The minimum atomic E-state index is -0.446. The molecule has 4 rings (SSSR count). The minimum absolute atomic E-state index is 0.0122. The highest BCUT2D eigenvalue weighted by molar-refractivity contribution is 5.91. The van der Waals surface area contributed by atoms with Gasteiger partial charge in [0, 0.05) is 44.0 Å². The van der Waals surface area contributed by atoms with Gasteiger partial charge in [0.05, 0.1) is 5.69 Å². The molecule has 3 amide bonds. The van der Waals surface area contributed by atoms with Gasteiger partial charge in [-0.2, -0.15) is 0 Å². The number of nitrogens with one attached hydrogen (secondary N) is 2. The van der Waals surface area contributed by atoms with Gasteiger partial charge in [0.1, 0.15) is 5.82 Å². The Labute approximate surface area is 199 Å². The first-order valence-corrected chi connectivity index (χ1v) is 11.6. The first-order valence-electron chi connectivity index (χ1n) is 11.6. The van der Waals surface area contributed by atoms with Crippen LogP contribution in [0.3, 0.4) is 0 Å². The number of urea groups is 1. The van der Waals surface area contributed by atoms with E-state index in [9.17, 15) is 14.0 Å². The Morgan fingerprint density at radius 1 is 0.794 bits per heavy atom. The van der Waals surface area contributed by atoms with E-state index in [-0.39, 0.29) is 17.6 Å². The zero-order valence-electron chi connectivity index (χ0n) is 19.0. The summed E-state index contributed by atoms with van der Waals surface area (Å²) in [4.78, 5) is 28.6. The van der Waals surface area contributed by atoms with Crippen LogP contribution in [0, 0.1) is 5.82 Å². The fourth-order valence-corrected chi connectivity index (χ4v) is 4.00. The van der Waals surface area contributed by atoms with E-state index >= 15 is 0 Å². The normalized spacial score (nSPS) is 13.4. The van der Waals surface area contributed by atoms with E-state index < -0.39 is 5.82 Å². The summed E-state index contributed by atoms with van der Waals surface area (Å²) in [5, 5.41) is 5.60. The standard InChI is InChI=1S/C27H29FN4O2/c28-24-10-4-5-11-25(24)30-27(34)32-19-17-31(18-20-32)23-15-13-22(14-16-23)29-26(33)12-6-9-21-7-2-1-3-8-21/h1-5,7-8,10-11,13-16H,6,9,12,17-20H2,(H,29,33)(H,30,34). The molecule has 1 aliphatic heterocycles. The zero-order chi connectivity index (χ0) is 23.8. The SMILES string of the molecule is O=C(CCCc1ccccc1)Nc1ccc(N2CCN(C(=O)Nc3ccccc3F)CC2)cc1. The Hall–Kier alpha value is -3.87. The molecule has 3 aromatic carbocycles. The van der Waals surface area contributed by atoms with Crippen LogP contribution in [0.15, 0.2) is 78.9 Å². The highest BCUT2D eigenvalue weighted by Gasteiger charge is 2.22.